The third kappa shape index (κ3) is 3.81. The Hall–Kier alpha value is -0.980. The predicted molar refractivity (Wildman–Crippen MR) is 79.8 cm³/mol. The molecule has 1 aliphatic carbocycles. The van der Waals surface area contributed by atoms with E-state index in [1.807, 2.05) is 0 Å². The molecule has 0 bridgehead atoms. The van der Waals surface area contributed by atoms with Crippen molar-refractivity contribution in [1.82, 2.24) is 4.72 Å². The molecule has 0 heterocycles. The molecule has 2 N–H and O–H groups in total. The van der Waals surface area contributed by atoms with Crippen LogP contribution in [-0.4, -0.2) is 25.3 Å². The average molecular weight is 315 g/mol. The number of hydrogen-bond acceptors (Lipinski definition) is 3. The monoisotopic (exact) mass is 315 g/mol. The van der Waals surface area contributed by atoms with E-state index in [9.17, 15) is 17.9 Å². The van der Waals surface area contributed by atoms with Gasteiger partial charge in [-0.25, -0.2) is 17.5 Å². The zero-order valence-corrected chi connectivity index (χ0v) is 13.0. The van der Waals surface area contributed by atoms with Crippen LogP contribution in [0.25, 0.3) is 0 Å². The van der Waals surface area contributed by atoms with E-state index in [1.165, 1.54) is 24.3 Å². The van der Waals surface area contributed by atoms with Crippen molar-refractivity contribution in [3.63, 3.8) is 0 Å². The molecule has 1 saturated carbocycles. The minimum absolute atomic E-state index is 0.0446. The van der Waals surface area contributed by atoms with Crippen LogP contribution in [0.2, 0.25) is 0 Å². The molecule has 118 valence electrons. The molecule has 1 aliphatic rings. The maximum absolute atomic E-state index is 13.1. The van der Waals surface area contributed by atoms with E-state index in [-0.39, 0.29) is 11.6 Å². The van der Waals surface area contributed by atoms with E-state index < -0.39 is 21.7 Å². The van der Waals surface area contributed by atoms with Gasteiger partial charge in [0, 0.05) is 0 Å². The van der Waals surface area contributed by atoms with Gasteiger partial charge in [0.1, 0.15) is 11.4 Å². The highest BCUT2D eigenvalue weighted by Gasteiger charge is 2.42. The van der Waals surface area contributed by atoms with Gasteiger partial charge >= 0.3 is 0 Å². The van der Waals surface area contributed by atoms with Crippen LogP contribution in [0, 0.1) is 5.82 Å². The van der Waals surface area contributed by atoms with Crippen LogP contribution in [-0.2, 0) is 15.6 Å². The SMILES string of the molecule is CCCS(=O)(=O)NC1CCCCC1(O)c1ccc(F)cc1. The van der Waals surface area contributed by atoms with Gasteiger partial charge in [0.25, 0.3) is 0 Å². The van der Waals surface area contributed by atoms with Crippen LogP contribution in [0.15, 0.2) is 24.3 Å². The second-order valence-electron chi connectivity index (χ2n) is 5.67. The molecule has 21 heavy (non-hydrogen) atoms. The summed E-state index contributed by atoms with van der Waals surface area (Å²) in [6, 6.07) is 5.08. The first-order valence-corrected chi connectivity index (χ1v) is 9.01. The summed E-state index contributed by atoms with van der Waals surface area (Å²) in [6.07, 6.45) is 3.26. The van der Waals surface area contributed by atoms with Crippen LogP contribution in [0.1, 0.15) is 44.6 Å². The smallest absolute Gasteiger partial charge is 0.211 e. The summed E-state index contributed by atoms with van der Waals surface area (Å²) < 4.78 is 39.7. The number of hydrogen-bond donors (Lipinski definition) is 2. The van der Waals surface area contributed by atoms with Gasteiger partial charge in [-0.3, -0.25) is 0 Å². The maximum Gasteiger partial charge on any atom is 0.211 e. The van der Waals surface area contributed by atoms with Crippen molar-refractivity contribution in [2.24, 2.45) is 0 Å². The molecule has 0 saturated heterocycles. The zero-order valence-electron chi connectivity index (χ0n) is 12.2. The summed E-state index contributed by atoms with van der Waals surface area (Å²) in [5.74, 6) is -0.329. The Morgan fingerprint density at radius 3 is 2.62 bits per heavy atom. The number of halogens is 1. The second-order valence-corrected chi connectivity index (χ2v) is 7.54. The molecule has 1 fully saturated rings. The van der Waals surface area contributed by atoms with Crippen molar-refractivity contribution in [2.75, 3.05) is 5.75 Å². The number of sulfonamides is 1. The zero-order chi connectivity index (χ0) is 15.5. The molecule has 1 aromatic carbocycles. The third-order valence-electron chi connectivity index (χ3n) is 4.02. The Bertz CT molecular complexity index is 573. The van der Waals surface area contributed by atoms with Gasteiger partial charge in [0.2, 0.25) is 10.0 Å². The van der Waals surface area contributed by atoms with E-state index >= 15 is 0 Å². The fourth-order valence-corrected chi connectivity index (χ4v) is 4.34. The molecule has 2 atom stereocenters. The van der Waals surface area contributed by atoms with Crippen LogP contribution >= 0.6 is 0 Å². The fourth-order valence-electron chi connectivity index (χ4n) is 2.94. The van der Waals surface area contributed by atoms with E-state index in [1.54, 1.807) is 6.92 Å². The lowest BCUT2D eigenvalue weighted by Gasteiger charge is -2.40. The molecule has 2 rings (SSSR count). The van der Waals surface area contributed by atoms with Crippen LogP contribution in [0.5, 0.6) is 0 Å². The number of benzene rings is 1. The van der Waals surface area contributed by atoms with Crippen LogP contribution < -0.4 is 4.72 Å². The van der Waals surface area contributed by atoms with Gasteiger partial charge in [0.05, 0.1) is 11.8 Å². The minimum Gasteiger partial charge on any atom is -0.383 e. The first-order valence-electron chi connectivity index (χ1n) is 7.36. The predicted octanol–water partition coefficient (Wildman–Crippen LogP) is 2.29. The van der Waals surface area contributed by atoms with Gasteiger partial charge < -0.3 is 5.11 Å². The second kappa shape index (κ2) is 6.42. The highest BCUT2D eigenvalue weighted by Crippen LogP contribution is 2.37. The molecule has 0 amide bonds. The molecule has 1 aromatic rings. The van der Waals surface area contributed by atoms with Crippen molar-refractivity contribution in [1.29, 1.82) is 0 Å². The Labute approximate surface area is 125 Å². The van der Waals surface area contributed by atoms with Crippen molar-refractivity contribution < 1.29 is 17.9 Å². The molecule has 0 radical (unpaired) electrons. The minimum atomic E-state index is -3.40. The largest absolute Gasteiger partial charge is 0.383 e. The molecular formula is C15H22FNO3S. The maximum atomic E-state index is 13.1. The lowest BCUT2D eigenvalue weighted by molar-refractivity contribution is -0.0249. The normalized spacial score (nSPS) is 26.7. The Balaban J connectivity index is 2.27. The molecule has 2 unspecified atom stereocenters. The van der Waals surface area contributed by atoms with Gasteiger partial charge in [-0.2, -0.15) is 0 Å². The lowest BCUT2D eigenvalue weighted by Crippen LogP contribution is -2.52. The molecule has 0 aromatic heterocycles. The quantitative estimate of drug-likeness (QED) is 0.876. The molecule has 6 heteroatoms. The molecule has 4 nitrogen and oxygen atoms in total. The number of nitrogens with one attached hydrogen (secondary N) is 1. The van der Waals surface area contributed by atoms with Crippen molar-refractivity contribution in [3.8, 4) is 0 Å². The topological polar surface area (TPSA) is 66.4 Å². The Morgan fingerprint density at radius 1 is 1.33 bits per heavy atom. The van der Waals surface area contributed by atoms with Crippen molar-refractivity contribution >= 4 is 10.0 Å². The highest BCUT2D eigenvalue weighted by atomic mass is 32.2. The van der Waals surface area contributed by atoms with E-state index in [0.717, 1.165) is 12.8 Å². The summed E-state index contributed by atoms with van der Waals surface area (Å²) in [6.45, 7) is 1.80. The Morgan fingerprint density at radius 2 is 2.00 bits per heavy atom. The van der Waals surface area contributed by atoms with Crippen molar-refractivity contribution in [3.05, 3.63) is 35.6 Å². The first kappa shape index (κ1) is 16.4. The number of aliphatic hydroxyl groups is 1. The van der Waals surface area contributed by atoms with Gasteiger partial charge in [-0.1, -0.05) is 31.9 Å². The van der Waals surface area contributed by atoms with Gasteiger partial charge in [-0.05, 0) is 37.0 Å². The highest BCUT2D eigenvalue weighted by molar-refractivity contribution is 7.89. The summed E-state index contributed by atoms with van der Waals surface area (Å²) in [7, 11) is -3.40. The summed E-state index contributed by atoms with van der Waals surface area (Å²) in [5, 5.41) is 11.0. The first-order chi connectivity index (χ1) is 9.87. The van der Waals surface area contributed by atoms with Crippen molar-refractivity contribution in [2.45, 2.75) is 50.7 Å². The van der Waals surface area contributed by atoms with Gasteiger partial charge in [-0.15, -0.1) is 0 Å². The molecular weight excluding hydrogens is 293 g/mol. The summed E-state index contributed by atoms with van der Waals surface area (Å²) >= 11 is 0. The third-order valence-corrected chi connectivity index (χ3v) is 5.61. The summed E-state index contributed by atoms with van der Waals surface area (Å²) in [5.41, 5.74) is -0.708. The number of rotatable bonds is 5. The standard InChI is InChI=1S/C15H22FNO3S/c1-2-11-21(19,20)17-14-5-3-4-10-15(14,18)12-6-8-13(16)9-7-12/h6-9,14,17-18H,2-5,10-11H2,1H3. The Kier molecular flexibility index (Phi) is 5.01. The molecule has 0 spiro atoms. The fraction of sp³-hybridized carbons (Fsp3) is 0.600. The lowest BCUT2D eigenvalue weighted by atomic mass is 9.76. The van der Waals surface area contributed by atoms with E-state index in [0.29, 0.717) is 24.8 Å². The van der Waals surface area contributed by atoms with E-state index in [4.69, 9.17) is 0 Å². The van der Waals surface area contributed by atoms with Crippen LogP contribution in [0.3, 0.4) is 0 Å². The van der Waals surface area contributed by atoms with E-state index in [2.05, 4.69) is 4.72 Å². The summed E-state index contributed by atoms with van der Waals surface area (Å²) in [4.78, 5) is 0. The average Bonchev–Trinajstić information content (AvgIpc) is 2.42. The molecule has 0 aliphatic heterocycles. The van der Waals surface area contributed by atoms with Gasteiger partial charge in [0.15, 0.2) is 0 Å². The van der Waals surface area contributed by atoms with Crippen LogP contribution in [0.4, 0.5) is 4.39 Å².